The van der Waals surface area contributed by atoms with Crippen molar-refractivity contribution in [2.24, 2.45) is 0 Å². The Bertz CT molecular complexity index is 874. The molecule has 3 N–H and O–H groups in total. The van der Waals surface area contributed by atoms with Crippen LogP contribution in [0.2, 0.25) is 0 Å². The molecule has 0 radical (unpaired) electrons. The highest BCUT2D eigenvalue weighted by molar-refractivity contribution is 9.10. The van der Waals surface area contributed by atoms with E-state index in [9.17, 15) is 22.8 Å². The van der Waals surface area contributed by atoms with Gasteiger partial charge in [-0.2, -0.15) is 0 Å². The van der Waals surface area contributed by atoms with Crippen molar-refractivity contribution in [3.05, 3.63) is 21.7 Å². The first kappa shape index (κ1) is 27.2. The summed E-state index contributed by atoms with van der Waals surface area (Å²) >= 11 is 3.23. The molecule has 0 spiro atoms. The number of nitrogen functional groups attached to an aromatic ring is 1. The molecule has 0 bridgehead atoms. The number of ether oxygens (including phenoxy) is 3. The van der Waals surface area contributed by atoms with Gasteiger partial charge in [-0.1, -0.05) is 0 Å². The number of esters is 2. The van der Waals surface area contributed by atoms with Crippen molar-refractivity contribution in [1.82, 2.24) is 10.2 Å². The number of anilines is 1. The first-order valence-electron chi connectivity index (χ1n) is 10.4. The second-order valence-electron chi connectivity index (χ2n) is 8.58. The molecule has 8 nitrogen and oxygen atoms in total. The number of hydrogen-bond donors (Lipinski definition) is 2. The van der Waals surface area contributed by atoms with Crippen LogP contribution in [-0.2, 0) is 20.8 Å². The van der Waals surface area contributed by atoms with Gasteiger partial charge in [0.2, 0.25) is 0 Å². The van der Waals surface area contributed by atoms with E-state index in [0.29, 0.717) is 19.5 Å². The zero-order chi connectivity index (χ0) is 25.0. The number of nitrogens with two attached hydrogens (primary N) is 1. The molecular formula is C21H29BrF3N3O5. The molecule has 1 aromatic rings. The topological polar surface area (TPSA) is 103 Å². The highest BCUT2D eigenvalue weighted by atomic mass is 79.9. The molecule has 1 saturated heterocycles. The van der Waals surface area contributed by atoms with Crippen molar-refractivity contribution >= 4 is 33.6 Å². The minimum Gasteiger partial charge on any atom is -0.462 e. The maximum absolute atomic E-state index is 13.1. The number of halogens is 4. The number of nitrogens with one attached hydrogen (secondary N) is 1. The smallest absolute Gasteiger partial charge is 0.462 e. The van der Waals surface area contributed by atoms with Crippen molar-refractivity contribution in [1.29, 1.82) is 0 Å². The Kier molecular flexibility index (Phi) is 9.00. The maximum Gasteiger partial charge on any atom is 0.573 e. The van der Waals surface area contributed by atoms with Gasteiger partial charge in [0.25, 0.3) is 0 Å². The molecule has 1 aromatic carbocycles. The maximum atomic E-state index is 13.1. The highest BCUT2D eigenvalue weighted by Crippen LogP contribution is 2.39. The van der Waals surface area contributed by atoms with E-state index in [0.717, 1.165) is 6.07 Å². The molecule has 0 amide bonds. The molecule has 0 saturated carbocycles. The lowest BCUT2D eigenvalue weighted by atomic mass is 10.1. The summed E-state index contributed by atoms with van der Waals surface area (Å²) in [6.45, 7) is 8.12. The number of carbonyl (C=O) groups excluding carboxylic acids is 2. The molecule has 186 valence electrons. The van der Waals surface area contributed by atoms with Crippen molar-refractivity contribution < 1.29 is 37.0 Å². The molecule has 2 rings (SSSR count). The van der Waals surface area contributed by atoms with Gasteiger partial charge >= 0.3 is 18.3 Å². The number of rotatable bonds is 8. The van der Waals surface area contributed by atoms with Gasteiger partial charge in [0, 0.05) is 35.7 Å². The normalized spacial score (nSPS) is 17.2. The number of hydrogen-bond acceptors (Lipinski definition) is 8. The van der Waals surface area contributed by atoms with Crippen LogP contribution >= 0.6 is 15.9 Å². The van der Waals surface area contributed by atoms with E-state index in [1.54, 1.807) is 27.7 Å². The Labute approximate surface area is 199 Å². The third-order valence-corrected chi connectivity index (χ3v) is 5.60. The van der Waals surface area contributed by atoms with Crippen LogP contribution in [0.4, 0.5) is 18.9 Å². The Hall–Kier alpha value is -2.05. The van der Waals surface area contributed by atoms with Gasteiger partial charge in [-0.25, -0.2) is 4.79 Å². The van der Waals surface area contributed by atoms with Crippen LogP contribution in [0.25, 0.3) is 0 Å². The summed E-state index contributed by atoms with van der Waals surface area (Å²) in [6, 6.07) is 0.911. The average Bonchev–Trinajstić information content (AvgIpc) is 3.11. The van der Waals surface area contributed by atoms with E-state index in [2.05, 4.69) is 26.0 Å². The SMILES string of the molecule is CCOC(=O)c1cc(OC(F)(F)F)c(CN2CC[C@@H](NCC(=O)OC(C)(C)C)C2)c(Br)c1N. The lowest BCUT2D eigenvalue weighted by Crippen LogP contribution is -2.38. The van der Waals surface area contributed by atoms with Crippen LogP contribution in [0, 0.1) is 0 Å². The lowest BCUT2D eigenvalue weighted by molar-refractivity contribution is -0.275. The summed E-state index contributed by atoms with van der Waals surface area (Å²) in [6.07, 6.45) is -4.27. The van der Waals surface area contributed by atoms with E-state index < -0.39 is 23.7 Å². The molecule has 0 aromatic heterocycles. The number of nitrogens with zero attached hydrogens (tertiary/aromatic N) is 1. The summed E-state index contributed by atoms with van der Waals surface area (Å²) in [5.41, 5.74) is 5.34. The molecule has 1 atom stereocenters. The Balaban J connectivity index is 2.15. The van der Waals surface area contributed by atoms with Gasteiger partial charge < -0.3 is 25.3 Å². The fraction of sp³-hybridized carbons (Fsp3) is 0.619. The molecule has 33 heavy (non-hydrogen) atoms. The second-order valence-corrected chi connectivity index (χ2v) is 9.38. The molecule has 0 unspecified atom stereocenters. The quantitative estimate of drug-likeness (QED) is 0.381. The summed E-state index contributed by atoms with van der Waals surface area (Å²) < 4.78 is 53.6. The van der Waals surface area contributed by atoms with Crippen LogP contribution in [0.1, 0.15) is 50.0 Å². The second kappa shape index (κ2) is 10.9. The van der Waals surface area contributed by atoms with E-state index in [1.807, 2.05) is 4.90 Å². The third kappa shape index (κ3) is 8.35. The van der Waals surface area contributed by atoms with Gasteiger partial charge in [-0.3, -0.25) is 9.69 Å². The van der Waals surface area contributed by atoms with Gasteiger partial charge in [0.15, 0.2) is 0 Å². The van der Waals surface area contributed by atoms with Gasteiger partial charge in [0.05, 0.1) is 24.4 Å². The highest BCUT2D eigenvalue weighted by Gasteiger charge is 2.35. The first-order valence-corrected chi connectivity index (χ1v) is 11.2. The Morgan fingerprint density at radius 3 is 2.55 bits per heavy atom. The minimum absolute atomic E-state index is 0.0308. The van der Waals surface area contributed by atoms with Crippen LogP contribution in [0.3, 0.4) is 0 Å². The number of carbonyl (C=O) groups is 2. The average molecular weight is 540 g/mol. The van der Waals surface area contributed by atoms with Crippen molar-refractivity contribution in [3.8, 4) is 5.75 Å². The van der Waals surface area contributed by atoms with Gasteiger partial charge in [-0.05, 0) is 56.1 Å². The molecule has 1 heterocycles. The standard InChI is InChI=1S/C21H29BrF3N3O5/c1-5-31-19(30)13-8-15(32-21(23,24)25)14(17(22)18(13)26)11-28-7-6-12(10-28)27-9-16(29)33-20(2,3)4/h8,12,27H,5-7,9-11,26H2,1-4H3/t12-/m1/s1. The van der Waals surface area contributed by atoms with Crippen LogP contribution in [-0.4, -0.2) is 61.1 Å². The molecule has 0 aliphatic carbocycles. The minimum atomic E-state index is -4.96. The predicted octanol–water partition coefficient (Wildman–Crippen LogP) is 3.61. The summed E-state index contributed by atoms with van der Waals surface area (Å²) in [7, 11) is 0. The predicted molar refractivity (Wildman–Crippen MR) is 119 cm³/mol. The molecule has 1 aliphatic rings. The Morgan fingerprint density at radius 1 is 1.30 bits per heavy atom. The number of likely N-dealkylation sites (tertiary alicyclic amines) is 1. The van der Waals surface area contributed by atoms with Crippen molar-refractivity contribution in [2.75, 3.05) is 32.0 Å². The van der Waals surface area contributed by atoms with Gasteiger partial charge in [0.1, 0.15) is 11.4 Å². The first-order chi connectivity index (χ1) is 15.2. The van der Waals surface area contributed by atoms with E-state index >= 15 is 0 Å². The summed E-state index contributed by atoms with van der Waals surface area (Å²) in [5, 5.41) is 3.11. The number of benzene rings is 1. The fourth-order valence-corrected chi connectivity index (χ4v) is 3.93. The van der Waals surface area contributed by atoms with E-state index in [4.69, 9.17) is 15.2 Å². The van der Waals surface area contributed by atoms with Crippen LogP contribution in [0.15, 0.2) is 10.5 Å². The van der Waals surface area contributed by atoms with Gasteiger partial charge in [-0.15, -0.1) is 13.2 Å². The largest absolute Gasteiger partial charge is 0.573 e. The van der Waals surface area contributed by atoms with Crippen molar-refractivity contribution in [2.45, 2.75) is 58.7 Å². The lowest BCUT2D eigenvalue weighted by Gasteiger charge is -2.23. The monoisotopic (exact) mass is 539 g/mol. The van der Waals surface area contributed by atoms with E-state index in [-0.39, 0.29) is 53.0 Å². The van der Waals surface area contributed by atoms with Crippen molar-refractivity contribution in [3.63, 3.8) is 0 Å². The number of alkyl halides is 3. The third-order valence-electron chi connectivity index (χ3n) is 4.69. The fourth-order valence-electron chi connectivity index (χ4n) is 3.40. The van der Waals surface area contributed by atoms with Crippen LogP contribution < -0.4 is 15.8 Å². The molecule has 1 fully saturated rings. The molecule has 12 heteroatoms. The zero-order valence-corrected chi connectivity index (χ0v) is 20.6. The van der Waals surface area contributed by atoms with E-state index in [1.165, 1.54) is 0 Å². The Morgan fingerprint density at radius 2 is 1.97 bits per heavy atom. The molecule has 1 aliphatic heterocycles. The summed E-state index contributed by atoms with van der Waals surface area (Å²) in [5.74, 6) is -1.76. The summed E-state index contributed by atoms with van der Waals surface area (Å²) in [4.78, 5) is 25.9. The zero-order valence-electron chi connectivity index (χ0n) is 19.0. The van der Waals surface area contributed by atoms with Crippen LogP contribution in [0.5, 0.6) is 5.75 Å². The molecular weight excluding hydrogens is 511 g/mol.